The van der Waals surface area contributed by atoms with E-state index in [-0.39, 0.29) is 34.7 Å². The number of aliphatic carboxylic acids is 1. The summed E-state index contributed by atoms with van der Waals surface area (Å²) < 4.78 is 5.18. The molecule has 14 heavy (non-hydrogen) atoms. The predicted molar refractivity (Wildman–Crippen MR) is 48.8 cm³/mol. The van der Waals surface area contributed by atoms with E-state index in [1.807, 2.05) is 0 Å². The lowest BCUT2D eigenvalue weighted by atomic mass is 9.80. The zero-order chi connectivity index (χ0) is 10.0. The number of alkyl halides is 1. The smallest absolute Gasteiger partial charge is 0.310 e. The molecule has 2 saturated carbocycles. The van der Waals surface area contributed by atoms with Crippen molar-refractivity contribution in [2.24, 2.45) is 23.7 Å². The average Bonchev–Trinajstić information content (AvgIpc) is 2.67. The minimum atomic E-state index is -0.857. The summed E-state index contributed by atoms with van der Waals surface area (Å²) in [5, 5.41) is 9.06. The lowest BCUT2D eigenvalue weighted by molar-refractivity contribution is -0.151. The van der Waals surface area contributed by atoms with Gasteiger partial charge in [-0.05, 0) is 12.3 Å². The SMILES string of the molecule is O=C(O)[C@@H]1[C@H]2C[C@H]3[C@H](OC(=O)[C@H]31)[C@H]2Br. The zero-order valence-electron chi connectivity index (χ0n) is 7.22. The molecule has 0 aromatic rings. The topological polar surface area (TPSA) is 63.6 Å². The Hall–Kier alpha value is -0.580. The molecular formula is C9H9BrO4. The highest BCUT2D eigenvalue weighted by atomic mass is 79.9. The van der Waals surface area contributed by atoms with Crippen LogP contribution >= 0.6 is 15.9 Å². The zero-order valence-corrected chi connectivity index (χ0v) is 8.81. The van der Waals surface area contributed by atoms with Crippen molar-refractivity contribution in [2.75, 3.05) is 0 Å². The van der Waals surface area contributed by atoms with Gasteiger partial charge in [0.05, 0.1) is 16.7 Å². The van der Waals surface area contributed by atoms with Gasteiger partial charge in [-0.3, -0.25) is 9.59 Å². The number of ether oxygens (including phenoxy) is 1. The molecule has 0 unspecified atom stereocenters. The Balaban J connectivity index is 2.04. The quantitative estimate of drug-likeness (QED) is 0.555. The summed E-state index contributed by atoms with van der Waals surface area (Å²) >= 11 is 3.44. The maximum Gasteiger partial charge on any atom is 0.310 e. The van der Waals surface area contributed by atoms with Gasteiger partial charge in [-0.1, -0.05) is 15.9 Å². The van der Waals surface area contributed by atoms with Crippen LogP contribution in [0, 0.1) is 23.7 Å². The van der Waals surface area contributed by atoms with E-state index < -0.39 is 11.9 Å². The van der Waals surface area contributed by atoms with Crippen molar-refractivity contribution in [1.29, 1.82) is 0 Å². The van der Waals surface area contributed by atoms with Gasteiger partial charge in [0.1, 0.15) is 6.10 Å². The number of carbonyl (C=O) groups is 2. The molecule has 1 aliphatic heterocycles. The number of carboxylic acid groups (broad SMARTS) is 1. The van der Waals surface area contributed by atoms with Crippen LogP contribution in [0.1, 0.15) is 6.42 Å². The van der Waals surface area contributed by atoms with Crippen molar-refractivity contribution in [3.05, 3.63) is 0 Å². The molecule has 0 radical (unpaired) electrons. The molecule has 3 rings (SSSR count). The van der Waals surface area contributed by atoms with E-state index in [1.165, 1.54) is 0 Å². The van der Waals surface area contributed by atoms with Crippen LogP contribution in [-0.2, 0) is 14.3 Å². The van der Waals surface area contributed by atoms with Crippen molar-refractivity contribution in [3.63, 3.8) is 0 Å². The van der Waals surface area contributed by atoms with E-state index in [0.29, 0.717) is 0 Å². The third kappa shape index (κ3) is 0.798. The van der Waals surface area contributed by atoms with Crippen LogP contribution in [0.25, 0.3) is 0 Å². The van der Waals surface area contributed by atoms with Gasteiger partial charge in [-0.15, -0.1) is 0 Å². The number of esters is 1. The molecule has 2 bridgehead atoms. The number of fused-ring (bicyclic) bond motifs is 1. The van der Waals surface area contributed by atoms with Gasteiger partial charge in [0.25, 0.3) is 0 Å². The summed E-state index contributed by atoms with van der Waals surface area (Å²) in [6.45, 7) is 0. The number of carbonyl (C=O) groups excluding carboxylic acids is 1. The number of halogens is 1. The van der Waals surface area contributed by atoms with Crippen LogP contribution in [0.5, 0.6) is 0 Å². The molecule has 1 heterocycles. The molecule has 0 spiro atoms. The van der Waals surface area contributed by atoms with Crippen LogP contribution in [0.15, 0.2) is 0 Å². The molecule has 2 aliphatic carbocycles. The lowest BCUT2D eigenvalue weighted by Gasteiger charge is -2.25. The molecule has 0 amide bonds. The fraction of sp³-hybridized carbons (Fsp3) is 0.778. The van der Waals surface area contributed by atoms with E-state index in [0.717, 1.165) is 6.42 Å². The monoisotopic (exact) mass is 260 g/mol. The summed E-state index contributed by atoms with van der Waals surface area (Å²) in [6, 6.07) is 0. The van der Waals surface area contributed by atoms with Crippen molar-refractivity contribution < 1.29 is 19.4 Å². The van der Waals surface area contributed by atoms with Gasteiger partial charge in [0, 0.05) is 5.92 Å². The van der Waals surface area contributed by atoms with Gasteiger partial charge in [-0.2, -0.15) is 0 Å². The van der Waals surface area contributed by atoms with Gasteiger partial charge in [0.2, 0.25) is 0 Å². The molecule has 3 fully saturated rings. The molecule has 3 aliphatic rings. The van der Waals surface area contributed by atoms with E-state index in [2.05, 4.69) is 15.9 Å². The first-order valence-electron chi connectivity index (χ1n) is 4.68. The molecule has 4 nitrogen and oxygen atoms in total. The van der Waals surface area contributed by atoms with Crippen molar-refractivity contribution in [1.82, 2.24) is 0 Å². The Kier molecular flexibility index (Phi) is 1.56. The average molecular weight is 261 g/mol. The lowest BCUT2D eigenvalue weighted by Crippen LogP contribution is -2.37. The minimum absolute atomic E-state index is 0.0382. The van der Waals surface area contributed by atoms with Crippen molar-refractivity contribution >= 4 is 27.9 Å². The van der Waals surface area contributed by atoms with Gasteiger partial charge < -0.3 is 9.84 Å². The highest BCUT2D eigenvalue weighted by Crippen LogP contribution is 2.59. The van der Waals surface area contributed by atoms with Gasteiger partial charge in [0.15, 0.2) is 0 Å². The van der Waals surface area contributed by atoms with E-state index in [4.69, 9.17) is 9.84 Å². The first-order valence-corrected chi connectivity index (χ1v) is 5.60. The Morgan fingerprint density at radius 2 is 2.21 bits per heavy atom. The fourth-order valence-electron chi connectivity index (χ4n) is 3.31. The van der Waals surface area contributed by atoms with Gasteiger partial charge >= 0.3 is 11.9 Å². The molecule has 1 N–H and O–H groups in total. The third-order valence-corrected chi connectivity index (χ3v) is 5.01. The normalized spacial score (nSPS) is 53.6. The highest BCUT2D eigenvalue weighted by Gasteiger charge is 2.67. The van der Waals surface area contributed by atoms with Crippen molar-refractivity contribution in [2.45, 2.75) is 17.4 Å². The largest absolute Gasteiger partial charge is 0.481 e. The van der Waals surface area contributed by atoms with Crippen LogP contribution < -0.4 is 0 Å². The van der Waals surface area contributed by atoms with Crippen LogP contribution in [0.4, 0.5) is 0 Å². The molecule has 76 valence electrons. The summed E-state index contributed by atoms with van der Waals surface area (Å²) in [7, 11) is 0. The van der Waals surface area contributed by atoms with E-state index in [1.54, 1.807) is 0 Å². The third-order valence-electron chi connectivity index (χ3n) is 3.81. The van der Waals surface area contributed by atoms with Crippen LogP contribution in [0.2, 0.25) is 0 Å². The first-order chi connectivity index (χ1) is 6.61. The summed E-state index contributed by atoms with van der Waals surface area (Å²) in [5.41, 5.74) is 0. The second-order valence-electron chi connectivity index (χ2n) is 4.30. The predicted octanol–water partition coefficient (Wildman–Crippen LogP) is 0.642. The summed E-state index contributed by atoms with van der Waals surface area (Å²) in [4.78, 5) is 22.5. The molecule has 6 atom stereocenters. The maximum absolute atomic E-state index is 11.4. The highest BCUT2D eigenvalue weighted by molar-refractivity contribution is 9.09. The number of hydrogen-bond donors (Lipinski definition) is 1. The Bertz CT molecular complexity index is 329. The standard InChI is InChI=1S/C9H9BrO4/c10-6-2-1-3-5(4(2)8(11)12)9(13)14-7(3)6/h2-7H,1H2,(H,11,12)/t2-,3-,4-,5-,6+,7+/m1/s1. The minimum Gasteiger partial charge on any atom is -0.481 e. The van der Waals surface area contributed by atoms with Crippen LogP contribution in [-0.4, -0.2) is 28.0 Å². The number of hydrogen-bond acceptors (Lipinski definition) is 3. The molecule has 0 aromatic carbocycles. The Labute approximate surface area is 88.7 Å². The molecule has 0 aromatic heterocycles. The van der Waals surface area contributed by atoms with Gasteiger partial charge in [-0.25, -0.2) is 0 Å². The van der Waals surface area contributed by atoms with E-state index >= 15 is 0 Å². The summed E-state index contributed by atoms with van der Waals surface area (Å²) in [6.07, 6.45) is 0.738. The first kappa shape index (κ1) is 8.71. The van der Waals surface area contributed by atoms with E-state index in [9.17, 15) is 9.59 Å². The molecule has 5 heteroatoms. The fourth-order valence-corrected chi connectivity index (χ4v) is 4.35. The Morgan fingerprint density at radius 3 is 2.86 bits per heavy atom. The second kappa shape index (κ2) is 2.51. The molecular weight excluding hydrogens is 252 g/mol. The number of carboxylic acids is 1. The second-order valence-corrected chi connectivity index (χ2v) is 5.36. The Morgan fingerprint density at radius 1 is 1.50 bits per heavy atom. The molecule has 1 saturated heterocycles. The summed E-state index contributed by atoms with van der Waals surface area (Å²) in [5.74, 6) is -1.87. The van der Waals surface area contributed by atoms with Crippen LogP contribution in [0.3, 0.4) is 0 Å². The van der Waals surface area contributed by atoms with Crippen molar-refractivity contribution in [3.8, 4) is 0 Å². The maximum atomic E-state index is 11.4. The number of rotatable bonds is 1.